The van der Waals surface area contributed by atoms with Crippen LogP contribution >= 0.6 is 15.9 Å². The van der Waals surface area contributed by atoms with Crippen molar-refractivity contribution in [1.29, 1.82) is 0 Å². The normalized spacial score (nSPS) is 10.5. The number of ether oxygens (including phenoxy) is 1. The third-order valence-corrected chi connectivity index (χ3v) is 4.10. The van der Waals surface area contributed by atoms with Gasteiger partial charge in [0.15, 0.2) is 0 Å². The number of furan rings is 1. The summed E-state index contributed by atoms with van der Waals surface area (Å²) < 4.78 is 24.5. The Balaban J connectivity index is 1.61. The lowest BCUT2D eigenvalue weighted by Gasteiger charge is -2.09. The lowest BCUT2D eigenvalue weighted by Crippen LogP contribution is -2.22. The Morgan fingerprint density at radius 2 is 2.04 bits per heavy atom. The Morgan fingerprint density at radius 3 is 2.80 bits per heavy atom. The molecule has 6 heteroatoms. The van der Waals surface area contributed by atoms with Crippen LogP contribution < -0.4 is 10.1 Å². The summed E-state index contributed by atoms with van der Waals surface area (Å²) in [4.78, 5) is 12.2. The number of rotatable bonds is 6. The van der Waals surface area contributed by atoms with Crippen LogP contribution in [0.3, 0.4) is 0 Å². The molecule has 1 heterocycles. The van der Waals surface area contributed by atoms with Gasteiger partial charge in [-0.05, 0) is 64.0 Å². The summed E-state index contributed by atoms with van der Waals surface area (Å²) in [6.07, 6.45) is 1.56. The predicted molar refractivity (Wildman–Crippen MR) is 94.8 cm³/mol. The lowest BCUT2D eigenvalue weighted by molar-refractivity contribution is 0.0948. The maximum Gasteiger partial charge on any atom is 0.251 e. The first-order valence-electron chi connectivity index (χ1n) is 7.59. The van der Waals surface area contributed by atoms with E-state index in [1.54, 1.807) is 42.7 Å². The fourth-order valence-electron chi connectivity index (χ4n) is 2.24. The summed E-state index contributed by atoms with van der Waals surface area (Å²) in [5.74, 6) is 0.693. The van der Waals surface area contributed by atoms with Gasteiger partial charge in [0, 0.05) is 5.56 Å². The van der Waals surface area contributed by atoms with Gasteiger partial charge in [0.2, 0.25) is 0 Å². The van der Waals surface area contributed by atoms with Crippen LogP contribution in [0.5, 0.6) is 5.75 Å². The molecule has 0 aliphatic heterocycles. The Hall–Kier alpha value is -2.60. The van der Waals surface area contributed by atoms with E-state index in [1.807, 2.05) is 6.07 Å². The SMILES string of the molecule is O=C(NCc1ccco1)c1cccc(COc2ccc(F)cc2Br)c1. The van der Waals surface area contributed by atoms with Crippen LogP contribution in [0.25, 0.3) is 0 Å². The average Bonchev–Trinajstić information content (AvgIpc) is 3.13. The fourth-order valence-corrected chi connectivity index (χ4v) is 2.70. The third kappa shape index (κ3) is 4.70. The Morgan fingerprint density at radius 1 is 1.16 bits per heavy atom. The molecule has 3 aromatic rings. The minimum Gasteiger partial charge on any atom is -0.488 e. The van der Waals surface area contributed by atoms with Crippen LogP contribution in [0.1, 0.15) is 21.7 Å². The van der Waals surface area contributed by atoms with E-state index in [2.05, 4.69) is 21.2 Å². The van der Waals surface area contributed by atoms with Crippen molar-refractivity contribution in [3.8, 4) is 5.75 Å². The third-order valence-electron chi connectivity index (χ3n) is 3.48. The standard InChI is InChI=1S/C19H15BrFNO3/c20-17-10-15(21)6-7-18(17)25-12-13-3-1-4-14(9-13)19(23)22-11-16-5-2-8-24-16/h1-10H,11-12H2,(H,22,23). The van der Waals surface area contributed by atoms with Gasteiger partial charge in [-0.2, -0.15) is 0 Å². The van der Waals surface area contributed by atoms with E-state index in [1.165, 1.54) is 12.1 Å². The molecule has 25 heavy (non-hydrogen) atoms. The van der Waals surface area contributed by atoms with Gasteiger partial charge in [-0.3, -0.25) is 4.79 Å². The number of hydrogen-bond acceptors (Lipinski definition) is 3. The van der Waals surface area contributed by atoms with Gasteiger partial charge in [-0.1, -0.05) is 12.1 Å². The summed E-state index contributed by atoms with van der Waals surface area (Å²) in [6.45, 7) is 0.596. The van der Waals surface area contributed by atoms with Crippen LogP contribution in [-0.4, -0.2) is 5.91 Å². The molecule has 0 aliphatic rings. The summed E-state index contributed by atoms with van der Waals surface area (Å²) >= 11 is 3.26. The van der Waals surface area contributed by atoms with E-state index in [0.29, 0.717) is 28.1 Å². The molecule has 0 atom stereocenters. The lowest BCUT2D eigenvalue weighted by atomic mass is 10.1. The van der Waals surface area contributed by atoms with Gasteiger partial charge in [-0.15, -0.1) is 0 Å². The van der Waals surface area contributed by atoms with Crippen molar-refractivity contribution in [2.45, 2.75) is 13.2 Å². The molecule has 2 aromatic carbocycles. The van der Waals surface area contributed by atoms with E-state index in [0.717, 1.165) is 5.56 Å². The van der Waals surface area contributed by atoms with E-state index < -0.39 is 0 Å². The molecule has 3 rings (SSSR count). The molecular formula is C19H15BrFNO3. The van der Waals surface area contributed by atoms with E-state index in [-0.39, 0.29) is 18.3 Å². The molecule has 0 aliphatic carbocycles. The summed E-state index contributed by atoms with van der Waals surface area (Å²) in [5.41, 5.74) is 1.37. The largest absolute Gasteiger partial charge is 0.488 e. The van der Waals surface area contributed by atoms with Gasteiger partial charge < -0.3 is 14.5 Å². The molecular weight excluding hydrogens is 389 g/mol. The molecule has 0 radical (unpaired) electrons. The molecule has 0 saturated heterocycles. The highest BCUT2D eigenvalue weighted by Crippen LogP contribution is 2.26. The molecule has 0 fully saturated rings. The molecule has 0 bridgehead atoms. The highest BCUT2D eigenvalue weighted by atomic mass is 79.9. The molecule has 1 aromatic heterocycles. The summed E-state index contributed by atoms with van der Waals surface area (Å²) in [7, 11) is 0. The second-order valence-corrected chi connectivity index (χ2v) is 6.18. The smallest absolute Gasteiger partial charge is 0.251 e. The predicted octanol–water partition coefficient (Wildman–Crippen LogP) is 4.69. The van der Waals surface area contributed by atoms with Crippen molar-refractivity contribution < 1.29 is 18.3 Å². The minimum atomic E-state index is -0.338. The molecule has 0 saturated carbocycles. The Kier molecular flexibility index (Phi) is 5.50. The first-order chi connectivity index (χ1) is 12.1. The average molecular weight is 404 g/mol. The van der Waals surface area contributed by atoms with Crippen LogP contribution in [-0.2, 0) is 13.2 Å². The highest BCUT2D eigenvalue weighted by Gasteiger charge is 2.08. The molecule has 1 amide bonds. The number of halogens is 2. The first kappa shape index (κ1) is 17.2. The number of benzene rings is 2. The minimum absolute atomic E-state index is 0.193. The van der Waals surface area contributed by atoms with Crippen molar-refractivity contribution >= 4 is 21.8 Å². The van der Waals surface area contributed by atoms with Crippen LogP contribution in [0.4, 0.5) is 4.39 Å². The monoisotopic (exact) mass is 403 g/mol. The highest BCUT2D eigenvalue weighted by molar-refractivity contribution is 9.10. The molecule has 0 unspecified atom stereocenters. The Labute approximate surface area is 152 Å². The Bertz CT molecular complexity index is 865. The van der Waals surface area contributed by atoms with Crippen molar-refractivity contribution in [2.24, 2.45) is 0 Å². The number of carbonyl (C=O) groups excluding carboxylic acids is 1. The van der Waals surface area contributed by atoms with Gasteiger partial charge in [0.05, 0.1) is 17.3 Å². The number of hydrogen-bond donors (Lipinski definition) is 1. The molecule has 0 spiro atoms. The molecule has 4 nitrogen and oxygen atoms in total. The van der Waals surface area contributed by atoms with E-state index in [4.69, 9.17) is 9.15 Å². The topological polar surface area (TPSA) is 51.5 Å². The zero-order chi connectivity index (χ0) is 17.6. The quantitative estimate of drug-likeness (QED) is 0.649. The van der Waals surface area contributed by atoms with Gasteiger partial charge >= 0.3 is 0 Å². The summed E-state index contributed by atoms with van der Waals surface area (Å²) in [5, 5.41) is 2.80. The number of carbonyl (C=O) groups is 1. The van der Waals surface area contributed by atoms with Crippen LogP contribution in [0.15, 0.2) is 69.8 Å². The van der Waals surface area contributed by atoms with Gasteiger partial charge in [0.25, 0.3) is 5.91 Å². The zero-order valence-electron chi connectivity index (χ0n) is 13.2. The fraction of sp³-hybridized carbons (Fsp3) is 0.105. The second kappa shape index (κ2) is 7.98. The molecule has 1 N–H and O–H groups in total. The van der Waals surface area contributed by atoms with Crippen molar-refractivity contribution in [2.75, 3.05) is 0 Å². The zero-order valence-corrected chi connectivity index (χ0v) is 14.8. The summed E-state index contributed by atoms with van der Waals surface area (Å²) in [6, 6.07) is 14.9. The van der Waals surface area contributed by atoms with Crippen molar-refractivity contribution in [3.63, 3.8) is 0 Å². The van der Waals surface area contributed by atoms with Crippen LogP contribution in [0.2, 0.25) is 0 Å². The van der Waals surface area contributed by atoms with Gasteiger partial charge in [0.1, 0.15) is 23.9 Å². The first-order valence-corrected chi connectivity index (χ1v) is 8.38. The van der Waals surface area contributed by atoms with E-state index >= 15 is 0 Å². The number of amides is 1. The maximum atomic E-state index is 13.1. The van der Waals surface area contributed by atoms with Gasteiger partial charge in [-0.25, -0.2) is 4.39 Å². The van der Waals surface area contributed by atoms with Crippen LogP contribution in [0, 0.1) is 5.82 Å². The molecule has 128 valence electrons. The van der Waals surface area contributed by atoms with E-state index in [9.17, 15) is 9.18 Å². The van der Waals surface area contributed by atoms with Crippen molar-refractivity contribution in [3.05, 3.63) is 88.0 Å². The maximum absolute atomic E-state index is 13.1. The van der Waals surface area contributed by atoms with Crippen molar-refractivity contribution in [1.82, 2.24) is 5.32 Å². The number of nitrogens with one attached hydrogen (secondary N) is 1. The second-order valence-electron chi connectivity index (χ2n) is 5.33.